The molecule has 0 radical (unpaired) electrons. The molecule has 0 unspecified atom stereocenters. The Morgan fingerprint density at radius 2 is 2.03 bits per heavy atom. The minimum atomic E-state index is -4.98. The first kappa shape index (κ1) is 23.1. The van der Waals surface area contributed by atoms with E-state index in [1.165, 1.54) is 12.1 Å². The number of rotatable bonds is 3. The van der Waals surface area contributed by atoms with Gasteiger partial charge in [-0.25, -0.2) is 9.59 Å². The van der Waals surface area contributed by atoms with E-state index in [-0.39, 0.29) is 35.3 Å². The number of amides is 2. The standard InChI is InChI=1S/C21H22ClF3N2O4/c1-19(2,3)30-17(28)26-10-11-27-16-7-6-14(22)12-15(16)20(21(23,24)25,31-18(27)29)9-8-13-4-5-13/h6-7,12-13H,4-5,10-11H2,1-3H3,(H,26,28)/t20-/m0/s1. The van der Waals surface area contributed by atoms with Crippen LogP contribution in [0.3, 0.4) is 0 Å². The number of benzene rings is 1. The Hall–Kier alpha value is -2.60. The summed E-state index contributed by atoms with van der Waals surface area (Å²) in [5, 5.41) is 2.51. The van der Waals surface area contributed by atoms with Gasteiger partial charge in [-0.15, -0.1) is 0 Å². The van der Waals surface area contributed by atoms with Gasteiger partial charge in [0.15, 0.2) is 0 Å². The van der Waals surface area contributed by atoms with Gasteiger partial charge in [0, 0.05) is 29.6 Å². The van der Waals surface area contributed by atoms with E-state index in [4.69, 9.17) is 21.1 Å². The number of nitrogens with one attached hydrogen (secondary N) is 1. The summed E-state index contributed by atoms with van der Waals surface area (Å²) in [6, 6.07) is 3.79. The van der Waals surface area contributed by atoms with Crippen molar-refractivity contribution in [2.45, 2.75) is 51.0 Å². The molecule has 6 nitrogen and oxygen atoms in total. The lowest BCUT2D eigenvalue weighted by Gasteiger charge is -2.40. The number of cyclic esters (lactones) is 1. The maximum absolute atomic E-state index is 14.2. The lowest BCUT2D eigenvalue weighted by Crippen LogP contribution is -2.54. The topological polar surface area (TPSA) is 67.9 Å². The van der Waals surface area contributed by atoms with Crippen molar-refractivity contribution in [3.8, 4) is 11.8 Å². The summed E-state index contributed by atoms with van der Waals surface area (Å²) in [5.74, 6) is 4.60. The minimum absolute atomic E-state index is 0.0333. The molecule has 2 aliphatic rings. The maximum Gasteiger partial charge on any atom is 0.445 e. The van der Waals surface area contributed by atoms with Crippen molar-refractivity contribution >= 4 is 29.5 Å². The average molecular weight is 459 g/mol. The number of nitrogens with zero attached hydrogens (tertiary/aromatic N) is 1. The second kappa shape index (κ2) is 8.15. The van der Waals surface area contributed by atoms with E-state index in [2.05, 4.69) is 17.2 Å². The molecule has 3 rings (SSSR count). The van der Waals surface area contributed by atoms with Crippen molar-refractivity contribution in [1.82, 2.24) is 5.32 Å². The fraction of sp³-hybridized carbons (Fsp3) is 0.524. The van der Waals surface area contributed by atoms with Crippen LogP contribution < -0.4 is 10.2 Å². The van der Waals surface area contributed by atoms with Crippen molar-refractivity contribution in [3.05, 3.63) is 28.8 Å². The van der Waals surface area contributed by atoms with Crippen LogP contribution in [0, 0.1) is 17.8 Å². The molecule has 0 spiro atoms. The van der Waals surface area contributed by atoms with Crippen LogP contribution in [-0.2, 0) is 15.1 Å². The van der Waals surface area contributed by atoms with Crippen LogP contribution in [0.25, 0.3) is 0 Å². The van der Waals surface area contributed by atoms with Crippen LogP contribution in [-0.4, -0.2) is 37.1 Å². The summed E-state index contributed by atoms with van der Waals surface area (Å²) in [4.78, 5) is 25.4. The molecular formula is C21H22ClF3N2O4. The molecule has 1 aliphatic heterocycles. The molecule has 1 aromatic carbocycles. The Morgan fingerprint density at radius 3 is 2.61 bits per heavy atom. The zero-order chi connectivity index (χ0) is 23.0. The Kier molecular flexibility index (Phi) is 6.07. The summed E-state index contributed by atoms with van der Waals surface area (Å²) in [6.45, 7) is 4.85. The second-order valence-electron chi connectivity index (χ2n) is 8.33. The number of hydrogen-bond donors (Lipinski definition) is 1. The van der Waals surface area contributed by atoms with Crippen molar-refractivity contribution in [2.75, 3.05) is 18.0 Å². The van der Waals surface area contributed by atoms with Gasteiger partial charge < -0.3 is 14.8 Å². The van der Waals surface area contributed by atoms with Gasteiger partial charge in [-0.2, -0.15) is 13.2 Å². The predicted octanol–water partition coefficient (Wildman–Crippen LogP) is 4.99. The van der Waals surface area contributed by atoms with Gasteiger partial charge >= 0.3 is 18.4 Å². The van der Waals surface area contributed by atoms with E-state index < -0.39 is 29.6 Å². The van der Waals surface area contributed by atoms with Crippen LogP contribution in [0.2, 0.25) is 5.02 Å². The molecule has 10 heteroatoms. The van der Waals surface area contributed by atoms with Crippen molar-refractivity contribution in [3.63, 3.8) is 0 Å². The van der Waals surface area contributed by atoms with Crippen molar-refractivity contribution in [1.29, 1.82) is 0 Å². The molecule has 31 heavy (non-hydrogen) atoms. The number of ether oxygens (including phenoxy) is 2. The molecule has 1 aromatic rings. The van der Waals surface area contributed by atoms with Gasteiger partial charge in [0.2, 0.25) is 0 Å². The van der Waals surface area contributed by atoms with Crippen LogP contribution in [0.4, 0.5) is 28.4 Å². The third kappa shape index (κ3) is 5.18. The third-order valence-corrected chi connectivity index (χ3v) is 4.76. The first-order valence-electron chi connectivity index (χ1n) is 9.69. The molecule has 2 amide bonds. The highest BCUT2D eigenvalue weighted by atomic mass is 35.5. The van der Waals surface area contributed by atoms with E-state index in [0.29, 0.717) is 12.8 Å². The lowest BCUT2D eigenvalue weighted by molar-refractivity contribution is -0.240. The zero-order valence-electron chi connectivity index (χ0n) is 17.2. The largest absolute Gasteiger partial charge is 0.445 e. The first-order valence-corrected chi connectivity index (χ1v) is 10.1. The summed E-state index contributed by atoms with van der Waals surface area (Å²) >= 11 is 5.97. The molecular weight excluding hydrogens is 437 g/mol. The molecule has 1 saturated carbocycles. The van der Waals surface area contributed by atoms with Gasteiger partial charge in [0.05, 0.1) is 5.69 Å². The monoisotopic (exact) mass is 458 g/mol. The molecule has 1 heterocycles. The quantitative estimate of drug-likeness (QED) is 0.648. The smallest absolute Gasteiger partial charge is 0.444 e. The number of halogens is 4. The first-order chi connectivity index (χ1) is 14.3. The number of alkyl halides is 3. The normalized spacial score (nSPS) is 20.9. The van der Waals surface area contributed by atoms with E-state index in [0.717, 1.165) is 11.0 Å². The minimum Gasteiger partial charge on any atom is -0.444 e. The summed E-state index contributed by atoms with van der Waals surface area (Å²) in [6.07, 6.45) is -5.50. The van der Waals surface area contributed by atoms with Crippen molar-refractivity contribution in [2.24, 2.45) is 5.92 Å². The highest BCUT2D eigenvalue weighted by Crippen LogP contribution is 2.49. The van der Waals surface area contributed by atoms with E-state index in [1.54, 1.807) is 20.8 Å². The molecule has 1 fully saturated rings. The van der Waals surface area contributed by atoms with Crippen LogP contribution >= 0.6 is 11.6 Å². The Morgan fingerprint density at radius 1 is 1.35 bits per heavy atom. The molecule has 1 N–H and O–H groups in total. The number of anilines is 1. The van der Waals surface area contributed by atoms with Gasteiger partial charge in [-0.1, -0.05) is 17.5 Å². The molecule has 1 atom stereocenters. The molecule has 1 aliphatic carbocycles. The van der Waals surface area contributed by atoms with E-state index in [1.807, 2.05) is 0 Å². The molecule has 168 valence electrons. The maximum atomic E-state index is 14.2. The summed E-state index contributed by atoms with van der Waals surface area (Å²) in [7, 11) is 0. The molecule has 0 bridgehead atoms. The number of alkyl carbamates (subject to hydrolysis) is 1. The number of carbonyl (C=O) groups is 2. The highest BCUT2D eigenvalue weighted by Gasteiger charge is 2.63. The zero-order valence-corrected chi connectivity index (χ0v) is 18.0. The van der Waals surface area contributed by atoms with Crippen molar-refractivity contribution < 1.29 is 32.2 Å². The second-order valence-corrected chi connectivity index (χ2v) is 8.77. The van der Waals surface area contributed by atoms with Crippen LogP contribution in [0.5, 0.6) is 0 Å². The lowest BCUT2D eigenvalue weighted by atomic mass is 9.89. The predicted molar refractivity (Wildman–Crippen MR) is 108 cm³/mol. The van der Waals surface area contributed by atoms with Gasteiger partial charge in [-0.05, 0) is 57.7 Å². The number of hydrogen-bond acceptors (Lipinski definition) is 4. The summed E-state index contributed by atoms with van der Waals surface area (Å²) < 4.78 is 52.6. The number of carbonyl (C=O) groups excluding carboxylic acids is 2. The van der Waals surface area contributed by atoms with Crippen LogP contribution in [0.15, 0.2) is 18.2 Å². The average Bonchev–Trinajstić information content (AvgIpc) is 3.44. The highest BCUT2D eigenvalue weighted by molar-refractivity contribution is 6.30. The summed E-state index contributed by atoms with van der Waals surface area (Å²) in [5.41, 5.74) is -4.22. The fourth-order valence-corrected chi connectivity index (χ4v) is 3.14. The fourth-order valence-electron chi connectivity index (χ4n) is 2.97. The Labute approximate surface area is 183 Å². The SMILES string of the molecule is CC(C)(C)OC(=O)NCCN1C(=O)O[C@](C#CC2CC2)(C(F)(F)F)c2cc(Cl)ccc21. The Bertz CT molecular complexity index is 945. The molecule has 0 aromatic heterocycles. The van der Waals surface area contributed by atoms with Gasteiger partial charge in [-0.3, -0.25) is 4.90 Å². The number of fused-ring (bicyclic) bond motifs is 1. The third-order valence-electron chi connectivity index (χ3n) is 4.52. The van der Waals surface area contributed by atoms with Gasteiger partial charge in [0.25, 0.3) is 5.60 Å². The van der Waals surface area contributed by atoms with E-state index >= 15 is 0 Å². The molecule has 0 saturated heterocycles. The van der Waals surface area contributed by atoms with Gasteiger partial charge in [0.1, 0.15) is 5.60 Å². The van der Waals surface area contributed by atoms with Crippen LogP contribution in [0.1, 0.15) is 39.2 Å². The Balaban J connectivity index is 1.90. The van der Waals surface area contributed by atoms with E-state index in [9.17, 15) is 22.8 Å².